The van der Waals surface area contributed by atoms with E-state index in [1.807, 2.05) is 13.0 Å². The second-order valence-corrected chi connectivity index (χ2v) is 6.06. The maximum atomic E-state index is 12.4. The first kappa shape index (κ1) is 20.2. The summed E-state index contributed by atoms with van der Waals surface area (Å²) in [5.74, 6) is -0.623. The van der Waals surface area contributed by atoms with Crippen LogP contribution in [0, 0.1) is 20.8 Å². The highest BCUT2D eigenvalue weighted by atomic mass is 16.5. The van der Waals surface area contributed by atoms with Crippen LogP contribution in [0.25, 0.3) is 0 Å². The number of amides is 2. The molecule has 8 nitrogen and oxygen atoms in total. The van der Waals surface area contributed by atoms with Gasteiger partial charge in [-0.2, -0.15) is 0 Å². The summed E-state index contributed by atoms with van der Waals surface area (Å²) in [7, 11) is 0. The molecule has 0 bridgehead atoms. The van der Waals surface area contributed by atoms with E-state index >= 15 is 0 Å². The lowest BCUT2D eigenvalue weighted by Gasteiger charge is -2.07. The number of nitrogens with one attached hydrogen (secondary N) is 3. The van der Waals surface area contributed by atoms with Gasteiger partial charge in [-0.15, -0.1) is 0 Å². The van der Waals surface area contributed by atoms with Crippen LogP contribution in [0.3, 0.4) is 0 Å². The van der Waals surface area contributed by atoms with Crippen molar-refractivity contribution in [3.8, 4) is 0 Å². The zero-order chi connectivity index (χ0) is 20.0. The molecule has 0 saturated carbocycles. The van der Waals surface area contributed by atoms with E-state index in [1.165, 1.54) is 0 Å². The molecule has 0 aromatic carbocycles. The predicted octanol–water partition coefficient (Wildman–Crippen LogP) is 2.27. The minimum Gasteiger partial charge on any atom is -0.462 e. The monoisotopic (exact) mass is 372 g/mol. The number of esters is 1. The summed E-state index contributed by atoms with van der Waals surface area (Å²) in [5.41, 5.74) is 2.55. The number of hydrogen-bond donors (Lipinski definition) is 3. The summed E-state index contributed by atoms with van der Waals surface area (Å²) in [6, 6.07) is 5.34. The number of anilines is 1. The van der Waals surface area contributed by atoms with Crippen molar-refractivity contribution in [3.05, 3.63) is 46.4 Å². The highest BCUT2D eigenvalue weighted by molar-refractivity contribution is 6.00. The van der Waals surface area contributed by atoms with Crippen molar-refractivity contribution < 1.29 is 19.1 Å². The Kier molecular flexibility index (Phi) is 6.70. The largest absolute Gasteiger partial charge is 0.462 e. The first-order chi connectivity index (χ1) is 12.8. The zero-order valence-corrected chi connectivity index (χ0v) is 15.9. The molecule has 2 aromatic heterocycles. The number of carbonyl (C=O) groups is 3. The van der Waals surface area contributed by atoms with E-state index in [9.17, 15) is 14.4 Å². The van der Waals surface area contributed by atoms with Crippen molar-refractivity contribution in [2.45, 2.75) is 34.1 Å². The Balaban J connectivity index is 1.91. The molecule has 0 fully saturated rings. The van der Waals surface area contributed by atoms with Gasteiger partial charge >= 0.3 is 5.97 Å². The van der Waals surface area contributed by atoms with Crippen molar-refractivity contribution >= 4 is 23.6 Å². The van der Waals surface area contributed by atoms with Gasteiger partial charge in [-0.1, -0.05) is 6.07 Å². The minimum atomic E-state index is -0.465. The summed E-state index contributed by atoms with van der Waals surface area (Å²) in [5, 5.41) is 5.36. The van der Waals surface area contributed by atoms with Gasteiger partial charge in [0.05, 0.1) is 12.2 Å². The van der Waals surface area contributed by atoms with Gasteiger partial charge < -0.3 is 20.4 Å². The van der Waals surface area contributed by atoms with E-state index in [4.69, 9.17) is 4.74 Å². The molecule has 3 N–H and O–H groups in total. The number of nitrogens with zero attached hydrogens (tertiary/aromatic N) is 1. The Morgan fingerprint density at radius 2 is 1.93 bits per heavy atom. The number of aromatic amines is 1. The molecular weight excluding hydrogens is 348 g/mol. The molecule has 0 aliphatic carbocycles. The molecule has 2 aromatic rings. The van der Waals surface area contributed by atoms with Crippen molar-refractivity contribution in [1.29, 1.82) is 0 Å². The van der Waals surface area contributed by atoms with Gasteiger partial charge in [0.1, 0.15) is 11.5 Å². The maximum absolute atomic E-state index is 12.4. The van der Waals surface area contributed by atoms with Gasteiger partial charge in [0.2, 0.25) is 5.91 Å². The average molecular weight is 372 g/mol. The molecule has 144 valence electrons. The maximum Gasteiger partial charge on any atom is 0.340 e. The topological polar surface area (TPSA) is 113 Å². The van der Waals surface area contributed by atoms with Gasteiger partial charge in [-0.05, 0) is 45.4 Å². The number of H-pyrrole nitrogens is 1. The van der Waals surface area contributed by atoms with Crippen LogP contribution in [0.2, 0.25) is 0 Å². The fourth-order valence-electron chi connectivity index (χ4n) is 2.68. The summed E-state index contributed by atoms with van der Waals surface area (Å²) >= 11 is 0. The minimum absolute atomic E-state index is 0.102. The zero-order valence-electron chi connectivity index (χ0n) is 15.9. The average Bonchev–Trinajstić information content (AvgIpc) is 2.89. The van der Waals surface area contributed by atoms with Crippen LogP contribution >= 0.6 is 0 Å². The third-order valence-electron chi connectivity index (χ3n) is 3.94. The molecule has 0 aliphatic heterocycles. The molecule has 8 heteroatoms. The van der Waals surface area contributed by atoms with Crippen LogP contribution < -0.4 is 10.6 Å². The Morgan fingerprint density at radius 1 is 1.19 bits per heavy atom. The molecule has 0 aliphatic rings. The molecular formula is C19H24N4O4. The van der Waals surface area contributed by atoms with E-state index in [0.29, 0.717) is 22.6 Å². The summed E-state index contributed by atoms with van der Waals surface area (Å²) < 4.78 is 5.01. The number of aromatic nitrogens is 2. The number of aryl methyl sites for hydroxylation is 2. The van der Waals surface area contributed by atoms with E-state index in [0.717, 1.165) is 5.69 Å². The van der Waals surface area contributed by atoms with Crippen LogP contribution in [-0.2, 0) is 9.53 Å². The van der Waals surface area contributed by atoms with E-state index in [2.05, 4.69) is 20.6 Å². The van der Waals surface area contributed by atoms with E-state index in [1.54, 1.807) is 32.9 Å². The number of rotatable bonds is 7. The van der Waals surface area contributed by atoms with Crippen molar-refractivity contribution in [2.75, 3.05) is 18.5 Å². The molecule has 2 rings (SSSR count). The number of hydrogen-bond acceptors (Lipinski definition) is 5. The van der Waals surface area contributed by atoms with Crippen molar-refractivity contribution in [2.24, 2.45) is 0 Å². The van der Waals surface area contributed by atoms with Crippen LogP contribution in [-0.4, -0.2) is 40.9 Å². The summed E-state index contributed by atoms with van der Waals surface area (Å²) in [4.78, 5) is 43.4. The smallest absolute Gasteiger partial charge is 0.340 e. The third kappa shape index (κ3) is 5.16. The Labute approximate surface area is 157 Å². The van der Waals surface area contributed by atoms with Crippen molar-refractivity contribution in [3.63, 3.8) is 0 Å². The molecule has 0 radical (unpaired) electrons. The lowest BCUT2D eigenvalue weighted by molar-refractivity contribution is -0.116. The van der Waals surface area contributed by atoms with Gasteiger partial charge in [-0.3, -0.25) is 9.59 Å². The van der Waals surface area contributed by atoms with Crippen LogP contribution in [0.1, 0.15) is 51.1 Å². The summed E-state index contributed by atoms with van der Waals surface area (Å²) in [6.45, 7) is 7.36. The second-order valence-electron chi connectivity index (χ2n) is 6.06. The Hall–Kier alpha value is -3.16. The highest BCUT2D eigenvalue weighted by Crippen LogP contribution is 2.19. The molecule has 0 atom stereocenters. The molecule has 2 amide bonds. The normalized spacial score (nSPS) is 10.4. The van der Waals surface area contributed by atoms with Gasteiger partial charge in [0.25, 0.3) is 5.91 Å². The van der Waals surface area contributed by atoms with E-state index < -0.39 is 5.97 Å². The number of carbonyl (C=O) groups excluding carboxylic acids is 3. The SMILES string of the molecule is CCOC(=O)c1c(C)[nH]c(C(=O)NCCC(=O)Nc2cccc(C)n2)c1C. The van der Waals surface area contributed by atoms with Gasteiger partial charge in [0, 0.05) is 24.4 Å². The molecule has 0 spiro atoms. The quantitative estimate of drug-likeness (QED) is 0.645. The molecule has 27 heavy (non-hydrogen) atoms. The number of pyridine rings is 1. The Morgan fingerprint density at radius 3 is 2.59 bits per heavy atom. The van der Waals surface area contributed by atoms with Gasteiger partial charge in [0.15, 0.2) is 0 Å². The first-order valence-corrected chi connectivity index (χ1v) is 8.71. The van der Waals surface area contributed by atoms with Crippen LogP contribution in [0.5, 0.6) is 0 Å². The predicted molar refractivity (Wildman–Crippen MR) is 101 cm³/mol. The standard InChI is InChI=1S/C19H24N4O4/c1-5-27-19(26)16-12(3)17(22-13(16)4)18(25)20-10-9-15(24)23-14-8-6-7-11(2)21-14/h6-8,22H,5,9-10H2,1-4H3,(H,20,25)(H,21,23,24). The molecule has 2 heterocycles. The third-order valence-corrected chi connectivity index (χ3v) is 3.94. The first-order valence-electron chi connectivity index (χ1n) is 8.71. The van der Waals surface area contributed by atoms with Gasteiger partial charge in [-0.25, -0.2) is 9.78 Å². The highest BCUT2D eigenvalue weighted by Gasteiger charge is 2.22. The Bertz CT molecular complexity index is 857. The fourth-order valence-corrected chi connectivity index (χ4v) is 2.68. The molecule has 0 unspecified atom stereocenters. The van der Waals surface area contributed by atoms with Crippen LogP contribution in [0.4, 0.5) is 5.82 Å². The van der Waals surface area contributed by atoms with Crippen molar-refractivity contribution in [1.82, 2.24) is 15.3 Å². The lowest BCUT2D eigenvalue weighted by Crippen LogP contribution is -2.28. The molecule has 0 saturated heterocycles. The van der Waals surface area contributed by atoms with E-state index in [-0.39, 0.29) is 37.1 Å². The summed E-state index contributed by atoms with van der Waals surface area (Å²) in [6.07, 6.45) is 0.102. The second kappa shape index (κ2) is 8.98. The van der Waals surface area contributed by atoms with Crippen LogP contribution in [0.15, 0.2) is 18.2 Å². The fraction of sp³-hybridized carbons (Fsp3) is 0.368. The number of ether oxygens (including phenoxy) is 1. The lowest BCUT2D eigenvalue weighted by atomic mass is 10.1.